The van der Waals surface area contributed by atoms with Crippen molar-refractivity contribution in [3.05, 3.63) is 59.8 Å². The summed E-state index contributed by atoms with van der Waals surface area (Å²) >= 11 is 0. The molecule has 160 valence electrons. The lowest BCUT2D eigenvalue weighted by Crippen LogP contribution is -2.15. The summed E-state index contributed by atoms with van der Waals surface area (Å²) in [6.45, 7) is 4.99. The molecule has 0 saturated carbocycles. The van der Waals surface area contributed by atoms with Crippen molar-refractivity contribution in [2.45, 2.75) is 33.2 Å². The minimum absolute atomic E-state index is 0.174. The monoisotopic (exact) mass is 424 g/mol. The molecule has 1 amide bonds. The van der Waals surface area contributed by atoms with Crippen molar-refractivity contribution in [1.29, 1.82) is 0 Å². The largest absolute Gasteiger partial charge is 0.477 e. The molecular formula is C23H22F2N4O2. The first kappa shape index (κ1) is 20.7. The van der Waals surface area contributed by atoms with E-state index >= 15 is 0 Å². The van der Waals surface area contributed by atoms with E-state index in [1.54, 1.807) is 23.0 Å². The fourth-order valence-electron chi connectivity index (χ4n) is 3.40. The highest BCUT2D eigenvalue weighted by atomic mass is 19.1. The third kappa shape index (κ3) is 4.47. The second-order valence-corrected chi connectivity index (χ2v) is 7.54. The van der Waals surface area contributed by atoms with E-state index in [0.29, 0.717) is 41.7 Å². The van der Waals surface area contributed by atoms with E-state index in [9.17, 15) is 13.6 Å². The van der Waals surface area contributed by atoms with Gasteiger partial charge in [-0.25, -0.2) is 18.4 Å². The van der Waals surface area contributed by atoms with Crippen molar-refractivity contribution < 1.29 is 18.3 Å². The number of allylic oxidation sites excluding steroid dienone is 1. The van der Waals surface area contributed by atoms with Gasteiger partial charge in [-0.3, -0.25) is 4.79 Å². The van der Waals surface area contributed by atoms with E-state index in [-0.39, 0.29) is 17.9 Å². The molecule has 2 aromatic heterocycles. The predicted octanol–water partition coefficient (Wildman–Crippen LogP) is 4.97. The number of aromatic nitrogens is 3. The van der Waals surface area contributed by atoms with Gasteiger partial charge in [0.15, 0.2) is 0 Å². The summed E-state index contributed by atoms with van der Waals surface area (Å²) in [6.07, 6.45) is 4.41. The summed E-state index contributed by atoms with van der Waals surface area (Å²) in [6, 6.07) is 6.84. The molecule has 3 aromatic rings. The number of hydrogen-bond acceptors (Lipinski definition) is 4. The number of fused-ring (bicyclic) bond motifs is 1. The first-order chi connectivity index (χ1) is 14.9. The summed E-state index contributed by atoms with van der Waals surface area (Å²) in [7, 11) is 0. The number of anilines is 1. The minimum Gasteiger partial charge on any atom is -0.477 e. The van der Waals surface area contributed by atoms with Crippen molar-refractivity contribution >= 4 is 11.7 Å². The average molecular weight is 424 g/mol. The zero-order valence-corrected chi connectivity index (χ0v) is 17.3. The van der Waals surface area contributed by atoms with Gasteiger partial charge in [0.2, 0.25) is 11.8 Å². The fourth-order valence-corrected chi connectivity index (χ4v) is 3.40. The van der Waals surface area contributed by atoms with Gasteiger partial charge in [0.25, 0.3) is 0 Å². The maximum atomic E-state index is 14.6. The Hall–Kier alpha value is -3.55. The Bertz CT molecular complexity index is 1170. The zero-order valence-electron chi connectivity index (χ0n) is 17.3. The van der Waals surface area contributed by atoms with Crippen LogP contribution < -0.4 is 10.1 Å². The molecule has 0 saturated heterocycles. The van der Waals surface area contributed by atoms with Gasteiger partial charge in [-0.2, -0.15) is 5.10 Å². The Morgan fingerprint density at radius 2 is 2.10 bits per heavy atom. The Kier molecular flexibility index (Phi) is 5.79. The molecule has 0 aliphatic carbocycles. The number of hydrogen-bond donors (Lipinski definition) is 1. The van der Waals surface area contributed by atoms with Crippen LogP contribution >= 0.6 is 0 Å². The highest BCUT2D eigenvalue weighted by Gasteiger charge is 2.26. The van der Waals surface area contributed by atoms with E-state index in [2.05, 4.69) is 15.4 Å². The van der Waals surface area contributed by atoms with Gasteiger partial charge in [0.05, 0.1) is 12.2 Å². The van der Waals surface area contributed by atoms with E-state index in [1.165, 1.54) is 12.1 Å². The molecule has 3 heterocycles. The molecule has 1 aromatic carbocycles. The predicted molar refractivity (Wildman–Crippen MR) is 114 cm³/mol. The van der Waals surface area contributed by atoms with Gasteiger partial charge >= 0.3 is 0 Å². The molecule has 0 spiro atoms. The molecule has 4 rings (SSSR count). The number of carbonyl (C=O) groups is 1. The number of nitrogens with one attached hydrogen (secondary N) is 1. The van der Waals surface area contributed by atoms with Crippen LogP contribution in [0.2, 0.25) is 0 Å². The van der Waals surface area contributed by atoms with Crippen LogP contribution in [-0.2, 0) is 11.3 Å². The third-order valence-corrected chi connectivity index (χ3v) is 4.86. The molecule has 6 nitrogen and oxygen atoms in total. The Labute approximate surface area is 178 Å². The molecule has 0 unspecified atom stereocenters. The van der Waals surface area contributed by atoms with Gasteiger partial charge in [-0.05, 0) is 43.7 Å². The Balaban J connectivity index is 1.76. The molecule has 1 aliphatic rings. The van der Waals surface area contributed by atoms with Gasteiger partial charge in [0, 0.05) is 37.2 Å². The molecule has 1 N–H and O–H groups in total. The summed E-state index contributed by atoms with van der Waals surface area (Å²) in [5, 5.41) is 7.31. The average Bonchev–Trinajstić information content (AvgIpc) is 3.11. The molecule has 0 atom stereocenters. The smallest absolute Gasteiger partial charge is 0.229 e. The minimum atomic E-state index is -0.707. The van der Waals surface area contributed by atoms with Crippen LogP contribution in [0.25, 0.3) is 22.4 Å². The number of nitrogens with zero attached hydrogens (tertiary/aromatic N) is 3. The summed E-state index contributed by atoms with van der Waals surface area (Å²) in [5.74, 6) is -0.679. The Morgan fingerprint density at radius 1 is 1.26 bits per heavy atom. The van der Waals surface area contributed by atoms with Crippen molar-refractivity contribution in [3.63, 3.8) is 0 Å². The maximum absolute atomic E-state index is 14.6. The molecule has 31 heavy (non-hydrogen) atoms. The lowest BCUT2D eigenvalue weighted by Gasteiger charge is -2.16. The van der Waals surface area contributed by atoms with Gasteiger partial charge in [-0.1, -0.05) is 11.6 Å². The lowest BCUT2D eigenvalue weighted by atomic mass is 10.0. The molecule has 0 fully saturated rings. The quantitative estimate of drug-likeness (QED) is 0.588. The van der Waals surface area contributed by atoms with E-state index < -0.39 is 11.6 Å². The number of benzene rings is 1. The van der Waals surface area contributed by atoms with Crippen molar-refractivity contribution in [2.24, 2.45) is 0 Å². The van der Waals surface area contributed by atoms with Crippen LogP contribution in [0.1, 0.15) is 26.7 Å². The SMILES string of the molecule is CC(C)=CCC(=O)Nc1cc(-c2c(-c3ccc(F)cc3F)nn3c2OCCC3)ccn1. The molecule has 0 radical (unpaired) electrons. The lowest BCUT2D eigenvalue weighted by molar-refractivity contribution is -0.115. The Morgan fingerprint density at radius 3 is 2.87 bits per heavy atom. The van der Waals surface area contributed by atoms with Crippen LogP contribution in [-0.4, -0.2) is 27.3 Å². The van der Waals surface area contributed by atoms with Crippen LogP contribution in [0.3, 0.4) is 0 Å². The van der Waals surface area contributed by atoms with Crippen LogP contribution in [0, 0.1) is 11.6 Å². The number of aryl methyl sites for hydroxylation is 1. The number of amides is 1. The summed E-state index contributed by atoms with van der Waals surface area (Å²) < 4.78 is 35.6. The van der Waals surface area contributed by atoms with Crippen LogP contribution in [0.15, 0.2) is 48.2 Å². The van der Waals surface area contributed by atoms with E-state index in [1.807, 2.05) is 19.9 Å². The second kappa shape index (κ2) is 8.67. The van der Waals surface area contributed by atoms with E-state index in [0.717, 1.165) is 18.1 Å². The number of pyridine rings is 1. The van der Waals surface area contributed by atoms with Gasteiger partial charge in [0.1, 0.15) is 23.1 Å². The highest BCUT2D eigenvalue weighted by Crippen LogP contribution is 2.41. The van der Waals surface area contributed by atoms with Crippen LogP contribution in [0.5, 0.6) is 5.88 Å². The number of halogens is 2. The van der Waals surface area contributed by atoms with E-state index in [4.69, 9.17) is 4.74 Å². The maximum Gasteiger partial charge on any atom is 0.229 e. The van der Waals surface area contributed by atoms with Gasteiger partial charge < -0.3 is 10.1 Å². The third-order valence-electron chi connectivity index (χ3n) is 4.86. The number of ether oxygens (including phenoxy) is 1. The standard InChI is InChI=1S/C23H22F2N4O2/c1-14(2)4-7-20(30)27-19-12-15(8-9-26-19)21-22(17-6-5-16(24)13-18(17)25)28-29-10-3-11-31-23(21)29/h4-6,8-9,12-13H,3,7,10-11H2,1-2H3,(H,26,27,30). The normalized spacial score (nSPS) is 12.6. The van der Waals surface area contributed by atoms with Crippen molar-refractivity contribution in [3.8, 4) is 28.3 Å². The molecular weight excluding hydrogens is 402 g/mol. The van der Waals surface area contributed by atoms with Crippen molar-refractivity contribution in [2.75, 3.05) is 11.9 Å². The number of carbonyl (C=O) groups excluding carboxylic acids is 1. The molecule has 1 aliphatic heterocycles. The van der Waals surface area contributed by atoms with Crippen LogP contribution in [0.4, 0.5) is 14.6 Å². The van der Waals surface area contributed by atoms with Crippen molar-refractivity contribution in [1.82, 2.24) is 14.8 Å². The highest BCUT2D eigenvalue weighted by molar-refractivity contribution is 5.92. The fraction of sp³-hybridized carbons (Fsp3) is 0.261. The second-order valence-electron chi connectivity index (χ2n) is 7.54. The topological polar surface area (TPSA) is 69.0 Å². The molecule has 8 heteroatoms. The van der Waals surface area contributed by atoms with Gasteiger partial charge in [-0.15, -0.1) is 0 Å². The first-order valence-electron chi connectivity index (χ1n) is 10.0. The molecule has 0 bridgehead atoms. The first-order valence-corrected chi connectivity index (χ1v) is 10.0. The summed E-state index contributed by atoms with van der Waals surface area (Å²) in [4.78, 5) is 16.4. The zero-order chi connectivity index (χ0) is 22.0. The summed E-state index contributed by atoms with van der Waals surface area (Å²) in [5.41, 5.74) is 2.81. The number of rotatable bonds is 5.